The van der Waals surface area contributed by atoms with Gasteiger partial charge in [-0.2, -0.15) is 0 Å². The van der Waals surface area contributed by atoms with Crippen molar-refractivity contribution >= 4 is 17.2 Å². The molecule has 0 bridgehead atoms. The fourth-order valence-electron chi connectivity index (χ4n) is 2.35. The third-order valence-electron chi connectivity index (χ3n) is 3.23. The van der Waals surface area contributed by atoms with Crippen LogP contribution in [-0.2, 0) is 4.79 Å². The Morgan fingerprint density at radius 2 is 1.90 bits per heavy atom. The Labute approximate surface area is 126 Å². The molecule has 0 aromatic carbocycles. The highest BCUT2D eigenvalue weighted by atomic mass is 32.1. The zero-order valence-corrected chi connectivity index (χ0v) is 14.5. The second-order valence-corrected chi connectivity index (χ2v) is 7.22. The molecule has 114 valence electrons. The van der Waals surface area contributed by atoms with Crippen LogP contribution in [0.25, 0.3) is 0 Å². The van der Waals surface area contributed by atoms with Crippen LogP contribution in [-0.4, -0.2) is 35.9 Å². The maximum Gasteiger partial charge on any atom is 0.239 e. The molecule has 2 atom stereocenters. The van der Waals surface area contributed by atoms with Crippen LogP contribution in [0.1, 0.15) is 48.8 Å². The summed E-state index contributed by atoms with van der Waals surface area (Å²) < 4.78 is 0. The zero-order chi connectivity index (χ0) is 15.4. The fourth-order valence-corrected chi connectivity index (χ4v) is 3.29. The monoisotopic (exact) mass is 297 g/mol. The number of aryl methyl sites for hydroxylation is 2. The van der Waals surface area contributed by atoms with Crippen molar-refractivity contribution in [2.24, 2.45) is 5.92 Å². The first kappa shape index (κ1) is 17.1. The van der Waals surface area contributed by atoms with Gasteiger partial charge in [0.25, 0.3) is 0 Å². The molecule has 0 saturated heterocycles. The number of nitrogens with one attached hydrogen (secondary N) is 1. The minimum Gasteiger partial charge on any atom is -0.347 e. The van der Waals surface area contributed by atoms with E-state index in [4.69, 9.17) is 0 Å². The van der Waals surface area contributed by atoms with Crippen LogP contribution in [0.5, 0.6) is 0 Å². The molecule has 0 aliphatic heterocycles. The quantitative estimate of drug-likeness (QED) is 0.878. The minimum atomic E-state index is -0.137. The Bertz CT molecular complexity index is 454. The van der Waals surface area contributed by atoms with Gasteiger partial charge >= 0.3 is 0 Å². The van der Waals surface area contributed by atoms with Gasteiger partial charge in [0.05, 0.1) is 16.7 Å². The van der Waals surface area contributed by atoms with E-state index in [0.717, 1.165) is 17.1 Å². The lowest BCUT2D eigenvalue weighted by atomic mass is 10.0. The van der Waals surface area contributed by atoms with E-state index in [0.29, 0.717) is 5.92 Å². The van der Waals surface area contributed by atoms with Gasteiger partial charge in [-0.15, -0.1) is 11.3 Å². The molecule has 0 aliphatic carbocycles. The van der Waals surface area contributed by atoms with Crippen molar-refractivity contribution in [1.29, 1.82) is 0 Å². The van der Waals surface area contributed by atoms with E-state index in [1.165, 1.54) is 4.88 Å². The van der Waals surface area contributed by atoms with Crippen molar-refractivity contribution in [2.75, 3.05) is 14.1 Å². The van der Waals surface area contributed by atoms with Crippen molar-refractivity contribution < 1.29 is 4.79 Å². The molecule has 0 radical (unpaired) electrons. The number of likely N-dealkylation sites (N-methyl/N-ethyl adjacent to an activating group) is 1. The summed E-state index contributed by atoms with van der Waals surface area (Å²) in [6.07, 6.45) is 0.845. The van der Waals surface area contributed by atoms with Crippen molar-refractivity contribution in [3.63, 3.8) is 0 Å². The summed E-state index contributed by atoms with van der Waals surface area (Å²) >= 11 is 1.70. The number of carbonyl (C=O) groups excluding carboxylic acids is 1. The Morgan fingerprint density at radius 1 is 1.30 bits per heavy atom. The molecule has 1 heterocycles. The first-order chi connectivity index (χ1) is 9.22. The minimum absolute atomic E-state index is 0.137. The van der Waals surface area contributed by atoms with Gasteiger partial charge in [0.2, 0.25) is 5.91 Å². The second-order valence-electron chi connectivity index (χ2n) is 5.99. The number of aromatic nitrogens is 1. The maximum atomic E-state index is 12.3. The predicted octanol–water partition coefficient (Wildman–Crippen LogP) is 2.91. The van der Waals surface area contributed by atoms with Crippen molar-refractivity contribution in [2.45, 2.75) is 53.1 Å². The second kappa shape index (κ2) is 7.18. The van der Waals surface area contributed by atoms with E-state index in [9.17, 15) is 4.79 Å². The highest BCUT2D eigenvalue weighted by Crippen LogP contribution is 2.25. The van der Waals surface area contributed by atoms with Crippen LogP contribution >= 0.6 is 11.3 Å². The highest BCUT2D eigenvalue weighted by Gasteiger charge is 2.24. The summed E-state index contributed by atoms with van der Waals surface area (Å²) in [7, 11) is 3.62. The first-order valence-corrected chi connectivity index (χ1v) is 7.95. The average Bonchev–Trinajstić information content (AvgIpc) is 2.65. The van der Waals surface area contributed by atoms with E-state index >= 15 is 0 Å². The Kier molecular flexibility index (Phi) is 6.14. The molecular formula is C15H27N3OS. The maximum absolute atomic E-state index is 12.3. The fraction of sp³-hybridized carbons (Fsp3) is 0.733. The van der Waals surface area contributed by atoms with Crippen molar-refractivity contribution in [3.8, 4) is 0 Å². The summed E-state index contributed by atoms with van der Waals surface area (Å²) in [5.41, 5.74) is 1.06. The number of rotatable bonds is 6. The van der Waals surface area contributed by atoms with Crippen molar-refractivity contribution in [3.05, 3.63) is 15.6 Å². The SMILES string of the molecule is Cc1nc(C)c(C(C)NC(CC(C)C)C(=O)N(C)C)s1. The lowest BCUT2D eigenvalue weighted by Gasteiger charge is -2.26. The molecule has 1 aromatic heterocycles. The molecule has 2 unspecified atom stereocenters. The first-order valence-electron chi connectivity index (χ1n) is 7.13. The summed E-state index contributed by atoms with van der Waals surface area (Å²) in [4.78, 5) is 19.6. The van der Waals surface area contributed by atoms with Crippen molar-refractivity contribution in [1.82, 2.24) is 15.2 Å². The van der Waals surface area contributed by atoms with Gasteiger partial charge in [-0.1, -0.05) is 13.8 Å². The summed E-state index contributed by atoms with van der Waals surface area (Å²) in [5, 5.41) is 4.55. The molecule has 20 heavy (non-hydrogen) atoms. The van der Waals surface area contributed by atoms with Crippen LogP contribution in [0.15, 0.2) is 0 Å². The number of thiazole rings is 1. The molecule has 5 heteroatoms. The van der Waals surface area contributed by atoms with Crippen LogP contribution in [0.3, 0.4) is 0 Å². The lowest BCUT2D eigenvalue weighted by molar-refractivity contribution is -0.131. The Balaban J connectivity index is 2.83. The summed E-state index contributed by atoms with van der Waals surface area (Å²) in [6, 6.07) is 0.00987. The predicted molar refractivity (Wildman–Crippen MR) is 85.1 cm³/mol. The molecule has 1 N–H and O–H groups in total. The number of hydrogen-bond acceptors (Lipinski definition) is 4. The van der Waals surface area contributed by atoms with Gasteiger partial charge in [0, 0.05) is 25.0 Å². The normalized spacial score (nSPS) is 14.4. The number of carbonyl (C=O) groups is 1. The van der Waals surface area contributed by atoms with Crippen LogP contribution < -0.4 is 5.32 Å². The number of hydrogen-bond donors (Lipinski definition) is 1. The van der Waals surface area contributed by atoms with Gasteiger partial charge in [-0.3, -0.25) is 10.1 Å². The molecule has 1 aromatic rings. The smallest absolute Gasteiger partial charge is 0.239 e. The lowest BCUT2D eigenvalue weighted by Crippen LogP contribution is -2.45. The Hall–Kier alpha value is -0.940. The number of nitrogens with zero attached hydrogens (tertiary/aromatic N) is 2. The van der Waals surface area contributed by atoms with Crippen LogP contribution in [0, 0.1) is 19.8 Å². The van der Waals surface area contributed by atoms with Crippen LogP contribution in [0.4, 0.5) is 0 Å². The van der Waals surface area contributed by atoms with E-state index in [2.05, 4.69) is 31.1 Å². The molecule has 0 fully saturated rings. The zero-order valence-electron chi connectivity index (χ0n) is 13.7. The summed E-state index contributed by atoms with van der Waals surface area (Å²) in [5.74, 6) is 0.623. The molecule has 1 rings (SSSR count). The molecule has 0 saturated carbocycles. The van der Waals surface area contributed by atoms with Gasteiger partial charge in [-0.25, -0.2) is 4.98 Å². The van der Waals surface area contributed by atoms with E-state index < -0.39 is 0 Å². The third-order valence-corrected chi connectivity index (χ3v) is 4.49. The number of amides is 1. The molecule has 4 nitrogen and oxygen atoms in total. The third kappa shape index (κ3) is 4.56. The largest absolute Gasteiger partial charge is 0.347 e. The van der Waals surface area contributed by atoms with E-state index in [1.54, 1.807) is 16.2 Å². The van der Waals surface area contributed by atoms with Gasteiger partial charge in [0.15, 0.2) is 0 Å². The molecule has 0 aliphatic rings. The summed E-state index contributed by atoms with van der Waals surface area (Å²) in [6.45, 7) is 10.4. The standard InChI is InChI=1S/C15H27N3OS/c1-9(2)8-13(15(19)18(6)7)17-11(4)14-10(3)16-12(5)20-14/h9,11,13,17H,8H2,1-7H3. The molecule has 0 spiro atoms. The Morgan fingerprint density at radius 3 is 2.30 bits per heavy atom. The van der Waals surface area contributed by atoms with Gasteiger partial charge < -0.3 is 4.90 Å². The van der Waals surface area contributed by atoms with Gasteiger partial charge in [0.1, 0.15) is 0 Å². The topological polar surface area (TPSA) is 45.2 Å². The average molecular weight is 297 g/mol. The van der Waals surface area contributed by atoms with Gasteiger partial charge in [-0.05, 0) is 33.1 Å². The van der Waals surface area contributed by atoms with E-state index in [-0.39, 0.29) is 18.0 Å². The van der Waals surface area contributed by atoms with Crippen LogP contribution in [0.2, 0.25) is 0 Å². The molecule has 1 amide bonds. The van der Waals surface area contributed by atoms with E-state index in [1.807, 2.05) is 27.9 Å². The molecular weight excluding hydrogens is 270 g/mol. The highest BCUT2D eigenvalue weighted by molar-refractivity contribution is 7.11.